The molecule has 0 aliphatic rings. The van der Waals surface area contributed by atoms with Gasteiger partial charge in [-0.3, -0.25) is 0 Å². The molecule has 0 saturated carbocycles. The number of alkyl halides is 1. The van der Waals surface area contributed by atoms with Gasteiger partial charge in [0.05, 0.1) is 6.20 Å². The quantitative estimate of drug-likeness (QED) is 0.0401. The lowest BCUT2D eigenvalue weighted by atomic mass is 9.12. The highest BCUT2D eigenvalue weighted by molar-refractivity contribution is 7.20. The molecule has 0 atom stereocenters. The summed E-state index contributed by atoms with van der Waals surface area (Å²) in [6, 6.07) is 9.77. The van der Waals surface area contributed by atoms with Gasteiger partial charge in [-0.05, 0) is 0 Å². The molecule has 0 amide bonds. The summed E-state index contributed by atoms with van der Waals surface area (Å²) in [5.74, 6) is -72.2. The lowest BCUT2D eigenvalue weighted by Crippen LogP contribution is -2.81. The molecule has 26 heteroatoms. The van der Waals surface area contributed by atoms with Gasteiger partial charge >= 0.3 is 5.97 Å². The number of hydrogen-bond acceptors (Lipinski definition) is 3. The normalized spacial score (nSPS) is 11.4. The zero-order valence-electron chi connectivity index (χ0n) is 29.8. The van der Waals surface area contributed by atoms with Crippen LogP contribution in [-0.2, 0) is 11.3 Å². The van der Waals surface area contributed by atoms with E-state index < -0.39 is 157 Å². The Morgan fingerprint density at radius 3 is 1.03 bits per heavy atom. The number of carbonyl (C=O) groups is 1. The summed E-state index contributed by atoms with van der Waals surface area (Å²) in [5, 5.41) is 0. The molecule has 0 aliphatic heterocycles. The van der Waals surface area contributed by atoms with E-state index >= 15 is 35.1 Å². The topological polar surface area (TPSA) is 43.1 Å². The number of nitrogens with zero attached hydrogens (tertiary/aromatic N) is 2. The van der Waals surface area contributed by atoms with Crippen molar-refractivity contribution in [2.24, 2.45) is 0 Å². The van der Waals surface area contributed by atoms with Crippen molar-refractivity contribution >= 4 is 34.0 Å². The smallest absolute Gasteiger partial charge is 0.365 e. The molecule has 0 radical (unpaired) electrons. The van der Waals surface area contributed by atoms with E-state index in [0.29, 0.717) is 6.54 Å². The van der Waals surface area contributed by atoms with Crippen LogP contribution < -0.4 is 26.4 Å². The molecule has 63 heavy (non-hydrogen) atoms. The number of halogens is 21. The molecule has 0 N–H and O–H groups in total. The van der Waals surface area contributed by atoms with Crippen LogP contribution in [0.25, 0.3) is 0 Å². The summed E-state index contributed by atoms with van der Waals surface area (Å²) in [6.07, 6.45) is -2.47. The fourth-order valence-electron chi connectivity index (χ4n) is 6.43. The van der Waals surface area contributed by atoms with Gasteiger partial charge in [-0.15, -0.1) is 21.9 Å². The van der Waals surface area contributed by atoms with Crippen molar-refractivity contribution in [2.45, 2.75) is 6.54 Å². The van der Waals surface area contributed by atoms with Crippen LogP contribution in [0.3, 0.4) is 0 Å². The molecule has 0 fully saturated rings. The first kappa shape index (κ1) is 47.3. The Labute approximate surface area is 335 Å². The zero-order valence-corrected chi connectivity index (χ0v) is 29.8. The van der Waals surface area contributed by atoms with E-state index in [1.165, 1.54) is 12.4 Å². The van der Waals surface area contributed by atoms with Crippen LogP contribution in [0.1, 0.15) is 16.1 Å². The monoisotopic (exact) mass is 926 g/mol. The van der Waals surface area contributed by atoms with Gasteiger partial charge in [0, 0.05) is 5.56 Å². The average molecular weight is 926 g/mol. The van der Waals surface area contributed by atoms with Crippen molar-refractivity contribution in [2.75, 3.05) is 6.86 Å². The van der Waals surface area contributed by atoms with Crippen molar-refractivity contribution in [3.63, 3.8) is 0 Å². The van der Waals surface area contributed by atoms with Crippen LogP contribution in [0.4, 0.5) is 92.2 Å². The van der Waals surface area contributed by atoms with E-state index in [9.17, 15) is 61.9 Å². The highest BCUT2D eigenvalue weighted by atomic mass is 19.2. The number of ether oxygens (including phenoxy) is 1. The van der Waals surface area contributed by atoms with Crippen LogP contribution >= 0.6 is 0 Å². The first-order chi connectivity index (χ1) is 29.5. The highest BCUT2D eigenvalue weighted by Gasteiger charge is 2.52. The van der Waals surface area contributed by atoms with Gasteiger partial charge in [-0.25, -0.2) is 102 Å². The Kier molecular flexibility index (Phi) is 13.5. The first-order valence-corrected chi connectivity index (χ1v) is 16.3. The van der Waals surface area contributed by atoms with Gasteiger partial charge in [0.2, 0.25) is 18.8 Å². The molecular formula is C37H12BF21N2O2. The minimum absolute atomic E-state index is 0.0890. The fourth-order valence-corrected chi connectivity index (χ4v) is 6.43. The Bertz CT molecular complexity index is 2430. The van der Waals surface area contributed by atoms with Crippen molar-refractivity contribution in [3.05, 3.63) is 177 Å². The molecule has 1 heterocycles. The first-order valence-electron chi connectivity index (χ1n) is 16.3. The summed E-state index contributed by atoms with van der Waals surface area (Å²) >= 11 is 0. The molecule has 0 saturated heterocycles. The van der Waals surface area contributed by atoms with E-state index in [1.807, 2.05) is 30.3 Å². The number of aromatic nitrogens is 2. The maximum atomic E-state index is 15.4. The Balaban J connectivity index is 0.000000345. The molecule has 5 aromatic carbocycles. The summed E-state index contributed by atoms with van der Waals surface area (Å²) in [5.41, 5.74) is -13.1. The van der Waals surface area contributed by atoms with Gasteiger partial charge in [-0.1, -0.05) is 30.3 Å². The van der Waals surface area contributed by atoms with E-state index in [0.717, 1.165) is 5.56 Å². The molecule has 1 aromatic heterocycles. The minimum Gasteiger partial charge on any atom is -0.429 e. The lowest BCUT2D eigenvalue weighted by molar-refractivity contribution is -0.689. The van der Waals surface area contributed by atoms with Gasteiger partial charge in [0.25, 0.3) is 0 Å². The SMILES string of the molecule is Fc1c(F)c(F)c([B-](c2c(F)c(F)c(F)c(F)c2F)(c2c(F)c(F)c(F)c(F)c2F)c2c(F)c(F)c(F)c(F)c2F)c(F)c1F.O=C(OCF)c1c[n+](Cc2ccccc2)ccn1. The molecule has 332 valence electrons. The number of benzene rings is 5. The molecule has 0 bridgehead atoms. The van der Waals surface area contributed by atoms with Crippen LogP contribution in [0.15, 0.2) is 48.9 Å². The zero-order chi connectivity index (χ0) is 47.2. The van der Waals surface area contributed by atoms with Crippen LogP contribution in [0.5, 0.6) is 0 Å². The largest absolute Gasteiger partial charge is 0.429 e. The molecule has 6 rings (SSSR count). The Hall–Kier alpha value is -6.76. The third kappa shape index (κ3) is 7.74. The minimum atomic E-state index is -7.22. The number of esters is 1. The second-order valence-corrected chi connectivity index (χ2v) is 12.4. The van der Waals surface area contributed by atoms with Gasteiger partial charge in [0.15, 0.2) is 82.5 Å². The lowest BCUT2D eigenvalue weighted by Gasteiger charge is -2.44. The van der Waals surface area contributed by atoms with Crippen molar-refractivity contribution in [3.8, 4) is 0 Å². The number of carbonyl (C=O) groups excluding carboxylic acids is 1. The summed E-state index contributed by atoms with van der Waals surface area (Å²) in [7, 11) is 0. The fraction of sp³-hybridized carbons (Fsp3) is 0.0541. The van der Waals surface area contributed by atoms with E-state index in [4.69, 9.17) is 0 Å². The number of hydrogen-bond donors (Lipinski definition) is 0. The molecule has 0 spiro atoms. The summed E-state index contributed by atoms with van der Waals surface area (Å²) in [6.45, 7) is -0.534. The van der Waals surface area contributed by atoms with E-state index in [2.05, 4.69) is 9.72 Å². The van der Waals surface area contributed by atoms with E-state index in [1.54, 1.807) is 10.8 Å². The third-order valence-corrected chi connectivity index (χ3v) is 9.07. The van der Waals surface area contributed by atoms with Crippen LogP contribution in [0.2, 0.25) is 0 Å². The summed E-state index contributed by atoms with van der Waals surface area (Å²) < 4.78 is 312. The second-order valence-electron chi connectivity index (χ2n) is 12.4. The van der Waals surface area contributed by atoms with Gasteiger partial charge in [-0.2, -0.15) is 4.57 Å². The molecular weight excluding hydrogens is 914 g/mol. The number of rotatable bonds is 8. The molecule has 4 nitrogen and oxygen atoms in total. The van der Waals surface area contributed by atoms with Crippen molar-refractivity contribution in [1.29, 1.82) is 0 Å². The maximum absolute atomic E-state index is 15.4. The van der Waals surface area contributed by atoms with Crippen LogP contribution in [0, 0.1) is 116 Å². The van der Waals surface area contributed by atoms with Crippen LogP contribution in [-0.4, -0.2) is 24.0 Å². The van der Waals surface area contributed by atoms with Gasteiger partial charge < -0.3 is 4.74 Å². The predicted octanol–water partition coefficient (Wildman–Crippen LogP) is 7.35. The average Bonchev–Trinajstić information content (AvgIpc) is 3.27. The second kappa shape index (κ2) is 17.9. The predicted molar refractivity (Wildman–Crippen MR) is 171 cm³/mol. The standard InChI is InChI=1S/C24BF20.C13H12FN2O2/c26-5-1(6(27)14(35)21(42)13(5)34)25(2-7(28)15(36)22(43)16(37)8(2)29,3-9(30)17(38)23(44)18(39)10(3)31)4-11(32)19(40)24(45)20(41)12(4)33;14-10-18-13(17)12-9-16(7-6-15-12)8-11-4-2-1-3-5-11/h;1-7,9H,8,10H2/q-1;+1. The molecule has 6 aromatic rings. The Morgan fingerprint density at radius 1 is 0.460 bits per heavy atom. The Morgan fingerprint density at radius 2 is 0.746 bits per heavy atom. The molecule has 0 aliphatic carbocycles. The van der Waals surface area contributed by atoms with E-state index in [-0.39, 0.29) is 5.69 Å². The third-order valence-electron chi connectivity index (χ3n) is 9.07. The molecule has 0 unspecified atom stereocenters. The summed E-state index contributed by atoms with van der Waals surface area (Å²) in [4.78, 5) is 15.1. The van der Waals surface area contributed by atoms with Crippen molar-refractivity contribution in [1.82, 2.24) is 4.98 Å². The highest BCUT2D eigenvalue weighted by Crippen LogP contribution is 2.30. The van der Waals surface area contributed by atoms with Crippen molar-refractivity contribution < 1.29 is 106 Å². The van der Waals surface area contributed by atoms with Gasteiger partial charge in [0.1, 0.15) is 52.7 Å². The maximum Gasteiger partial charge on any atom is 0.365 e.